The van der Waals surface area contributed by atoms with Gasteiger partial charge >= 0.3 is 0 Å². The van der Waals surface area contributed by atoms with E-state index < -0.39 is 0 Å². The van der Waals surface area contributed by atoms with E-state index in [1.165, 1.54) is 24.1 Å². The molecule has 1 nitrogen and oxygen atoms in total. The van der Waals surface area contributed by atoms with E-state index in [4.69, 9.17) is 11.6 Å². The summed E-state index contributed by atoms with van der Waals surface area (Å²) in [6.07, 6.45) is 2.38. The molecule has 16 heavy (non-hydrogen) atoms. The van der Waals surface area contributed by atoms with Gasteiger partial charge in [-0.05, 0) is 43.5 Å². The van der Waals surface area contributed by atoms with E-state index in [9.17, 15) is 0 Å². The molecule has 1 aromatic rings. The Morgan fingerprint density at radius 2 is 1.94 bits per heavy atom. The highest BCUT2D eigenvalue weighted by atomic mass is 35.5. The van der Waals surface area contributed by atoms with Gasteiger partial charge < -0.3 is 4.90 Å². The van der Waals surface area contributed by atoms with E-state index in [0.29, 0.717) is 5.41 Å². The highest BCUT2D eigenvalue weighted by molar-refractivity contribution is 6.30. The molecule has 1 aliphatic heterocycles. The Kier molecular flexibility index (Phi) is 3.16. The maximum atomic E-state index is 6.14. The third kappa shape index (κ3) is 1.62. The van der Waals surface area contributed by atoms with Gasteiger partial charge in [-0.25, -0.2) is 0 Å². The molecule has 1 aromatic carbocycles. The summed E-state index contributed by atoms with van der Waals surface area (Å²) >= 11 is 6.14. The summed E-state index contributed by atoms with van der Waals surface area (Å²) in [4.78, 5) is 2.47. The van der Waals surface area contributed by atoms with Crippen molar-refractivity contribution in [3.05, 3.63) is 28.8 Å². The monoisotopic (exact) mass is 237 g/mol. The van der Waals surface area contributed by atoms with Crippen LogP contribution in [0.25, 0.3) is 0 Å². The SMILES string of the molecule is CCN1CC(CC)(CC)c2cc(Cl)ccc21. The molecule has 0 aromatic heterocycles. The third-order valence-corrected chi connectivity index (χ3v) is 4.33. The van der Waals surface area contributed by atoms with Crippen LogP contribution in [0.5, 0.6) is 0 Å². The van der Waals surface area contributed by atoms with Crippen LogP contribution in [0.15, 0.2) is 18.2 Å². The van der Waals surface area contributed by atoms with E-state index in [-0.39, 0.29) is 0 Å². The van der Waals surface area contributed by atoms with Crippen molar-refractivity contribution in [3.8, 4) is 0 Å². The lowest BCUT2D eigenvalue weighted by atomic mass is 9.78. The predicted octanol–water partition coefficient (Wildman–Crippen LogP) is 4.24. The molecular formula is C14H20ClN. The van der Waals surface area contributed by atoms with Crippen molar-refractivity contribution < 1.29 is 0 Å². The fourth-order valence-electron chi connectivity index (χ4n) is 2.88. The fraction of sp³-hybridized carbons (Fsp3) is 0.571. The average Bonchev–Trinajstić information content (AvgIpc) is 2.63. The molecule has 0 saturated heterocycles. The quantitative estimate of drug-likeness (QED) is 0.760. The van der Waals surface area contributed by atoms with E-state index in [1.54, 1.807) is 0 Å². The van der Waals surface area contributed by atoms with Crippen LogP contribution in [0.3, 0.4) is 0 Å². The standard InChI is InChI=1S/C14H20ClN/c1-4-14(5-2)10-16(6-3)13-8-7-11(15)9-12(13)14/h7-9H,4-6,10H2,1-3H3. The minimum absolute atomic E-state index is 0.316. The van der Waals surface area contributed by atoms with Crippen molar-refractivity contribution in [2.45, 2.75) is 39.0 Å². The number of benzene rings is 1. The molecule has 0 aliphatic carbocycles. The molecule has 0 bridgehead atoms. The van der Waals surface area contributed by atoms with Crippen molar-refractivity contribution in [1.82, 2.24) is 0 Å². The van der Waals surface area contributed by atoms with Crippen LogP contribution in [0.1, 0.15) is 39.2 Å². The summed E-state index contributed by atoms with van der Waals surface area (Å²) in [6.45, 7) is 9.02. The molecule has 2 heteroatoms. The lowest BCUT2D eigenvalue weighted by molar-refractivity contribution is 0.421. The largest absolute Gasteiger partial charge is 0.371 e. The molecule has 0 amide bonds. The zero-order valence-corrected chi connectivity index (χ0v) is 11.1. The Morgan fingerprint density at radius 1 is 1.25 bits per heavy atom. The number of fused-ring (bicyclic) bond motifs is 1. The molecule has 0 spiro atoms. The number of hydrogen-bond donors (Lipinski definition) is 0. The van der Waals surface area contributed by atoms with Gasteiger partial charge in [0, 0.05) is 29.2 Å². The average molecular weight is 238 g/mol. The second-order valence-electron chi connectivity index (χ2n) is 4.66. The summed E-state index contributed by atoms with van der Waals surface area (Å²) in [6, 6.07) is 6.35. The highest BCUT2D eigenvalue weighted by Gasteiger charge is 2.39. The normalized spacial score (nSPS) is 17.6. The smallest absolute Gasteiger partial charge is 0.0410 e. The van der Waals surface area contributed by atoms with E-state index in [2.05, 4.69) is 37.8 Å². The zero-order chi connectivity index (χ0) is 11.8. The van der Waals surface area contributed by atoms with Gasteiger partial charge in [-0.15, -0.1) is 0 Å². The van der Waals surface area contributed by atoms with Crippen LogP contribution < -0.4 is 4.90 Å². The maximum Gasteiger partial charge on any atom is 0.0410 e. The first kappa shape index (κ1) is 11.8. The van der Waals surface area contributed by atoms with Crippen molar-refractivity contribution in [3.63, 3.8) is 0 Å². The Morgan fingerprint density at radius 3 is 2.50 bits per heavy atom. The van der Waals surface area contributed by atoms with Crippen LogP contribution >= 0.6 is 11.6 Å². The number of halogens is 1. The molecule has 0 atom stereocenters. The lowest BCUT2D eigenvalue weighted by Gasteiger charge is -2.27. The Labute approximate surface area is 103 Å². The lowest BCUT2D eigenvalue weighted by Crippen LogP contribution is -2.32. The van der Waals surface area contributed by atoms with Gasteiger partial charge in [-0.3, -0.25) is 0 Å². The number of rotatable bonds is 3. The predicted molar refractivity (Wildman–Crippen MR) is 71.6 cm³/mol. The second-order valence-corrected chi connectivity index (χ2v) is 5.10. The van der Waals surface area contributed by atoms with E-state index in [1.807, 2.05) is 6.07 Å². The minimum atomic E-state index is 0.316. The van der Waals surface area contributed by atoms with Crippen LogP contribution in [0, 0.1) is 0 Å². The van der Waals surface area contributed by atoms with E-state index in [0.717, 1.165) is 18.1 Å². The van der Waals surface area contributed by atoms with Gasteiger partial charge in [0.05, 0.1) is 0 Å². The molecule has 1 aliphatic rings. The first-order valence-corrected chi connectivity index (χ1v) is 6.59. The first-order chi connectivity index (χ1) is 7.66. The molecule has 88 valence electrons. The van der Waals surface area contributed by atoms with Crippen molar-refractivity contribution in [2.24, 2.45) is 0 Å². The van der Waals surface area contributed by atoms with Crippen LogP contribution in [-0.4, -0.2) is 13.1 Å². The molecule has 0 saturated carbocycles. The van der Waals surface area contributed by atoms with Gasteiger partial charge in [0.15, 0.2) is 0 Å². The van der Waals surface area contributed by atoms with Crippen LogP contribution in [0.2, 0.25) is 5.02 Å². The number of nitrogens with zero attached hydrogens (tertiary/aromatic N) is 1. The summed E-state index contributed by atoms with van der Waals surface area (Å²) in [5.74, 6) is 0. The molecular weight excluding hydrogens is 218 g/mol. The number of hydrogen-bond acceptors (Lipinski definition) is 1. The number of anilines is 1. The third-order valence-electron chi connectivity index (χ3n) is 4.10. The molecule has 0 radical (unpaired) electrons. The second kappa shape index (κ2) is 4.29. The van der Waals surface area contributed by atoms with Crippen molar-refractivity contribution in [2.75, 3.05) is 18.0 Å². The van der Waals surface area contributed by atoms with Gasteiger partial charge in [0.1, 0.15) is 0 Å². The Balaban J connectivity index is 2.54. The van der Waals surface area contributed by atoms with Gasteiger partial charge in [-0.1, -0.05) is 25.4 Å². The van der Waals surface area contributed by atoms with Gasteiger partial charge in [0.2, 0.25) is 0 Å². The Hall–Kier alpha value is -0.690. The topological polar surface area (TPSA) is 3.24 Å². The summed E-state index contributed by atoms with van der Waals surface area (Å²) in [5.41, 5.74) is 3.15. The van der Waals surface area contributed by atoms with Crippen molar-refractivity contribution >= 4 is 17.3 Å². The highest BCUT2D eigenvalue weighted by Crippen LogP contribution is 2.45. The van der Waals surface area contributed by atoms with Crippen LogP contribution in [-0.2, 0) is 5.41 Å². The Bertz CT molecular complexity index is 382. The van der Waals surface area contributed by atoms with Crippen LogP contribution in [0.4, 0.5) is 5.69 Å². The fourth-order valence-corrected chi connectivity index (χ4v) is 3.05. The zero-order valence-electron chi connectivity index (χ0n) is 10.4. The molecule has 0 unspecified atom stereocenters. The van der Waals surface area contributed by atoms with Gasteiger partial charge in [0.25, 0.3) is 0 Å². The van der Waals surface area contributed by atoms with E-state index >= 15 is 0 Å². The van der Waals surface area contributed by atoms with Crippen molar-refractivity contribution in [1.29, 1.82) is 0 Å². The number of likely N-dealkylation sites (N-methyl/N-ethyl adjacent to an activating group) is 1. The first-order valence-electron chi connectivity index (χ1n) is 6.22. The minimum Gasteiger partial charge on any atom is -0.371 e. The molecule has 0 N–H and O–H groups in total. The maximum absolute atomic E-state index is 6.14. The molecule has 1 heterocycles. The summed E-state index contributed by atoms with van der Waals surface area (Å²) < 4.78 is 0. The summed E-state index contributed by atoms with van der Waals surface area (Å²) in [5, 5.41) is 0.864. The molecule has 0 fully saturated rings. The van der Waals surface area contributed by atoms with Gasteiger partial charge in [-0.2, -0.15) is 0 Å². The molecule has 2 rings (SSSR count). The summed E-state index contributed by atoms with van der Waals surface area (Å²) in [7, 11) is 0.